The summed E-state index contributed by atoms with van der Waals surface area (Å²) in [6.45, 7) is 13.0. The van der Waals surface area contributed by atoms with Gasteiger partial charge in [-0.25, -0.2) is 0 Å². The molecule has 0 spiro atoms. The summed E-state index contributed by atoms with van der Waals surface area (Å²) in [5, 5.41) is 0. The minimum absolute atomic E-state index is 0.562. The summed E-state index contributed by atoms with van der Waals surface area (Å²) in [5.41, 5.74) is 1.17. The second-order valence-electron chi connectivity index (χ2n) is 6.95. The minimum atomic E-state index is -1.42. The lowest BCUT2D eigenvalue weighted by Gasteiger charge is -2.16. The van der Waals surface area contributed by atoms with Crippen LogP contribution >= 0.6 is 0 Å². The normalized spacial score (nSPS) is 11.8. The van der Waals surface area contributed by atoms with Crippen LogP contribution < -0.4 is 0 Å². The summed E-state index contributed by atoms with van der Waals surface area (Å²) in [4.78, 5) is 0. The molecule has 0 unspecified atom stereocenters. The average Bonchev–Trinajstić information content (AvgIpc) is 2.64. The molecule has 0 bridgehead atoms. The van der Waals surface area contributed by atoms with Crippen LogP contribution in [-0.2, 0) is 34.7 Å². The molecule has 0 atom stereocenters. The third-order valence-electron chi connectivity index (χ3n) is 3.36. The van der Waals surface area contributed by atoms with E-state index >= 15 is 0 Å². The predicted molar refractivity (Wildman–Crippen MR) is 109 cm³/mol. The Bertz CT molecular complexity index is 438. The van der Waals surface area contributed by atoms with Gasteiger partial charge in [-0.3, -0.25) is 0 Å². The van der Waals surface area contributed by atoms with Crippen molar-refractivity contribution in [2.45, 2.75) is 26.2 Å². The first kappa shape index (κ1) is 24.2. The SMILES string of the molecule is C[Si](C)(C)OCCOCCOCCOCCOCCOCc1ccccc1. The van der Waals surface area contributed by atoms with E-state index in [4.69, 9.17) is 28.1 Å². The van der Waals surface area contributed by atoms with Crippen molar-refractivity contribution < 1.29 is 28.1 Å². The first-order valence-corrected chi connectivity index (χ1v) is 13.1. The second kappa shape index (κ2) is 16.2. The highest BCUT2D eigenvalue weighted by Crippen LogP contribution is 2.01. The Balaban J connectivity index is 1.71. The maximum atomic E-state index is 5.70. The molecule has 6 nitrogen and oxygen atoms in total. The van der Waals surface area contributed by atoms with Crippen LogP contribution in [0.5, 0.6) is 0 Å². The predicted octanol–water partition coefficient (Wildman–Crippen LogP) is 3.12. The molecule has 0 heterocycles. The van der Waals surface area contributed by atoms with Crippen LogP contribution in [0.2, 0.25) is 19.6 Å². The van der Waals surface area contributed by atoms with Gasteiger partial charge in [-0.05, 0) is 25.2 Å². The van der Waals surface area contributed by atoms with Crippen LogP contribution in [-0.4, -0.2) is 74.4 Å². The van der Waals surface area contributed by atoms with Crippen LogP contribution in [0.1, 0.15) is 5.56 Å². The van der Waals surface area contributed by atoms with Crippen LogP contribution in [0, 0.1) is 0 Å². The molecule has 0 saturated heterocycles. The fourth-order valence-electron chi connectivity index (χ4n) is 2.05. The molecule has 0 amide bonds. The van der Waals surface area contributed by atoms with Gasteiger partial charge in [0.05, 0.1) is 72.7 Å². The van der Waals surface area contributed by atoms with Crippen molar-refractivity contribution in [1.82, 2.24) is 0 Å². The summed E-state index contributed by atoms with van der Waals surface area (Å²) in [6, 6.07) is 10.1. The van der Waals surface area contributed by atoms with Crippen molar-refractivity contribution in [1.29, 1.82) is 0 Å². The van der Waals surface area contributed by atoms with E-state index < -0.39 is 8.32 Å². The maximum absolute atomic E-state index is 5.70. The third-order valence-corrected chi connectivity index (χ3v) is 4.43. The first-order chi connectivity index (χ1) is 13.1. The molecule has 0 aliphatic rings. The molecular weight excluding hydrogens is 364 g/mol. The van der Waals surface area contributed by atoms with Crippen molar-refractivity contribution in [3.05, 3.63) is 35.9 Å². The molecule has 0 aromatic heterocycles. The van der Waals surface area contributed by atoms with Crippen LogP contribution in [0.3, 0.4) is 0 Å². The Labute approximate surface area is 165 Å². The Morgan fingerprint density at radius 3 is 1.41 bits per heavy atom. The van der Waals surface area contributed by atoms with Crippen molar-refractivity contribution >= 4 is 8.32 Å². The third kappa shape index (κ3) is 17.1. The minimum Gasteiger partial charge on any atom is -0.415 e. The van der Waals surface area contributed by atoms with Gasteiger partial charge >= 0.3 is 0 Å². The van der Waals surface area contributed by atoms with Crippen LogP contribution in [0.15, 0.2) is 30.3 Å². The van der Waals surface area contributed by atoms with Crippen LogP contribution in [0.4, 0.5) is 0 Å². The topological polar surface area (TPSA) is 55.4 Å². The number of ether oxygens (including phenoxy) is 5. The first-order valence-electron chi connectivity index (χ1n) is 9.64. The van der Waals surface area contributed by atoms with E-state index in [9.17, 15) is 0 Å². The van der Waals surface area contributed by atoms with E-state index in [-0.39, 0.29) is 0 Å². The van der Waals surface area contributed by atoms with Gasteiger partial charge in [-0.1, -0.05) is 30.3 Å². The quantitative estimate of drug-likeness (QED) is 0.279. The summed E-state index contributed by atoms with van der Waals surface area (Å²) in [6.07, 6.45) is 0. The molecule has 1 aromatic rings. The van der Waals surface area contributed by atoms with E-state index in [0.717, 1.165) is 0 Å². The second-order valence-corrected chi connectivity index (χ2v) is 11.5. The van der Waals surface area contributed by atoms with Gasteiger partial charge in [0, 0.05) is 0 Å². The van der Waals surface area contributed by atoms with Gasteiger partial charge in [-0.15, -0.1) is 0 Å². The molecule has 0 radical (unpaired) electrons. The Kier molecular flexibility index (Phi) is 14.5. The standard InChI is InChI=1S/C20H36O6Si/c1-27(2,3)26-18-17-24-14-13-22-10-9-21-11-12-23-15-16-25-19-20-7-5-4-6-8-20/h4-8H,9-19H2,1-3H3. The number of hydrogen-bond donors (Lipinski definition) is 0. The van der Waals surface area contributed by atoms with E-state index in [1.807, 2.05) is 30.3 Å². The highest BCUT2D eigenvalue weighted by Gasteiger charge is 2.12. The molecule has 7 heteroatoms. The largest absolute Gasteiger partial charge is 0.415 e. The molecule has 0 saturated carbocycles. The molecular formula is C20H36O6Si. The van der Waals surface area contributed by atoms with Crippen LogP contribution in [0.25, 0.3) is 0 Å². The maximum Gasteiger partial charge on any atom is 0.183 e. The highest BCUT2D eigenvalue weighted by molar-refractivity contribution is 6.69. The number of benzene rings is 1. The van der Waals surface area contributed by atoms with E-state index in [1.54, 1.807) is 0 Å². The molecule has 1 aromatic carbocycles. The van der Waals surface area contributed by atoms with Gasteiger partial charge < -0.3 is 28.1 Å². The molecule has 1 rings (SSSR count). The van der Waals surface area contributed by atoms with Gasteiger partial charge in [-0.2, -0.15) is 0 Å². The van der Waals surface area contributed by atoms with Gasteiger partial charge in [0.15, 0.2) is 8.32 Å². The highest BCUT2D eigenvalue weighted by atomic mass is 28.4. The zero-order valence-electron chi connectivity index (χ0n) is 17.1. The summed E-state index contributed by atoms with van der Waals surface area (Å²) in [7, 11) is -1.42. The summed E-state index contributed by atoms with van der Waals surface area (Å²) >= 11 is 0. The monoisotopic (exact) mass is 400 g/mol. The van der Waals surface area contributed by atoms with E-state index in [2.05, 4.69) is 19.6 Å². The zero-order chi connectivity index (χ0) is 19.6. The van der Waals surface area contributed by atoms with Crippen molar-refractivity contribution in [3.8, 4) is 0 Å². The molecule has 156 valence electrons. The average molecular weight is 401 g/mol. The lowest BCUT2D eigenvalue weighted by atomic mass is 10.2. The molecule has 27 heavy (non-hydrogen) atoms. The fraction of sp³-hybridized carbons (Fsp3) is 0.700. The van der Waals surface area contributed by atoms with Gasteiger partial charge in [0.1, 0.15) is 0 Å². The molecule has 0 aliphatic carbocycles. The Morgan fingerprint density at radius 1 is 0.556 bits per heavy atom. The molecule has 0 fully saturated rings. The van der Waals surface area contributed by atoms with Crippen molar-refractivity contribution in [2.24, 2.45) is 0 Å². The molecule has 0 N–H and O–H groups in total. The molecule has 0 aliphatic heterocycles. The Hall–Kier alpha value is -0.803. The van der Waals surface area contributed by atoms with Gasteiger partial charge in [0.25, 0.3) is 0 Å². The summed E-state index contributed by atoms with van der Waals surface area (Å²) < 4.78 is 33.0. The van der Waals surface area contributed by atoms with Crippen molar-refractivity contribution in [2.75, 3.05) is 66.1 Å². The lowest BCUT2D eigenvalue weighted by molar-refractivity contribution is -0.0141. The summed E-state index contributed by atoms with van der Waals surface area (Å²) in [5.74, 6) is 0. The fourth-order valence-corrected chi connectivity index (χ4v) is 2.75. The zero-order valence-corrected chi connectivity index (χ0v) is 18.1. The van der Waals surface area contributed by atoms with E-state index in [0.29, 0.717) is 72.7 Å². The smallest absolute Gasteiger partial charge is 0.183 e. The number of hydrogen-bond acceptors (Lipinski definition) is 6. The van der Waals surface area contributed by atoms with E-state index in [1.165, 1.54) is 5.56 Å². The van der Waals surface area contributed by atoms with Gasteiger partial charge in [0.2, 0.25) is 0 Å². The Morgan fingerprint density at radius 2 is 0.963 bits per heavy atom. The number of rotatable bonds is 18. The van der Waals surface area contributed by atoms with Crippen molar-refractivity contribution in [3.63, 3.8) is 0 Å². The lowest BCUT2D eigenvalue weighted by Crippen LogP contribution is -2.27.